The average molecular weight is 140 g/mol. The summed E-state index contributed by atoms with van der Waals surface area (Å²) >= 11 is 0. The van der Waals surface area contributed by atoms with E-state index in [2.05, 4.69) is 30.6 Å². The van der Waals surface area contributed by atoms with Crippen molar-refractivity contribution in [1.82, 2.24) is 10.2 Å². The Labute approximate surface area is 62.9 Å². The fraction of sp³-hybridized carbons (Fsp3) is 0.750. The lowest BCUT2D eigenvalue weighted by atomic mass is 10.1. The summed E-state index contributed by atoms with van der Waals surface area (Å²) in [5.74, 6) is 0.667. The fourth-order valence-corrected chi connectivity index (χ4v) is 1.42. The molecule has 1 aliphatic rings. The minimum atomic E-state index is 0.512. The molecule has 0 aliphatic carbocycles. The van der Waals surface area contributed by atoms with Gasteiger partial charge in [-0.2, -0.15) is 0 Å². The molecule has 0 saturated carbocycles. The molecule has 0 bridgehead atoms. The van der Waals surface area contributed by atoms with Gasteiger partial charge in [0, 0.05) is 13.1 Å². The van der Waals surface area contributed by atoms with E-state index in [0.29, 0.717) is 12.1 Å². The Balaban J connectivity index is 2.49. The van der Waals surface area contributed by atoms with Crippen LogP contribution < -0.4 is 5.32 Å². The topological polar surface area (TPSA) is 15.3 Å². The summed E-state index contributed by atoms with van der Waals surface area (Å²) in [5.41, 5.74) is 0. The van der Waals surface area contributed by atoms with Crippen LogP contribution >= 0.6 is 0 Å². The molecule has 0 aromatic carbocycles. The lowest BCUT2D eigenvalue weighted by molar-refractivity contribution is 0.260. The molecule has 1 atom stereocenters. The number of hydrogen-bond acceptors (Lipinski definition) is 2. The standard InChI is InChI=1S/C8H16N2/c1-4-10-6-5-9-8(10)7(2)3/h4,7-9H,1,5-6H2,2-3H3. The third kappa shape index (κ3) is 1.32. The minimum absolute atomic E-state index is 0.512. The zero-order valence-corrected chi connectivity index (χ0v) is 6.80. The number of nitrogens with zero attached hydrogens (tertiary/aromatic N) is 1. The summed E-state index contributed by atoms with van der Waals surface area (Å²) < 4.78 is 0. The van der Waals surface area contributed by atoms with Crippen molar-refractivity contribution >= 4 is 0 Å². The van der Waals surface area contributed by atoms with Gasteiger partial charge >= 0.3 is 0 Å². The number of hydrogen-bond donors (Lipinski definition) is 1. The van der Waals surface area contributed by atoms with Crippen molar-refractivity contribution < 1.29 is 0 Å². The highest BCUT2D eigenvalue weighted by molar-refractivity contribution is 4.86. The van der Waals surface area contributed by atoms with Gasteiger partial charge in [0.2, 0.25) is 0 Å². The molecular formula is C8H16N2. The summed E-state index contributed by atoms with van der Waals surface area (Å²) in [7, 11) is 0. The van der Waals surface area contributed by atoms with E-state index in [0.717, 1.165) is 13.1 Å². The van der Waals surface area contributed by atoms with Crippen molar-refractivity contribution in [3.63, 3.8) is 0 Å². The quantitative estimate of drug-likeness (QED) is 0.616. The van der Waals surface area contributed by atoms with Gasteiger partial charge in [0.05, 0.1) is 6.17 Å². The first-order chi connectivity index (χ1) is 4.75. The molecule has 1 fully saturated rings. The maximum atomic E-state index is 3.76. The zero-order chi connectivity index (χ0) is 7.56. The Hall–Kier alpha value is -0.500. The highest BCUT2D eigenvalue weighted by atomic mass is 15.3. The molecule has 58 valence electrons. The molecule has 10 heavy (non-hydrogen) atoms. The lowest BCUT2D eigenvalue weighted by Gasteiger charge is -2.25. The molecule has 2 heteroatoms. The Morgan fingerprint density at radius 1 is 1.70 bits per heavy atom. The van der Waals surface area contributed by atoms with Crippen molar-refractivity contribution in [3.05, 3.63) is 12.8 Å². The van der Waals surface area contributed by atoms with E-state index in [9.17, 15) is 0 Å². The van der Waals surface area contributed by atoms with Gasteiger partial charge in [-0.3, -0.25) is 5.32 Å². The van der Waals surface area contributed by atoms with Crippen LogP contribution in [0.3, 0.4) is 0 Å². The van der Waals surface area contributed by atoms with Crippen LogP contribution in [0.25, 0.3) is 0 Å². The van der Waals surface area contributed by atoms with Gasteiger partial charge in [-0.25, -0.2) is 0 Å². The van der Waals surface area contributed by atoms with Crippen LogP contribution in [0.15, 0.2) is 12.8 Å². The normalized spacial score (nSPS) is 25.9. The molecule has 1 heterocycles. The van der Waals surface area contributed by atoms with Gasteiger partial charge in [-0.1, -0.05) is 20.4 Å². The SMILES string of the molecule is C=CN1CCNC1C(C)C. The third-order valence-corrected chi connectivity index (χ3v) is 1.95. The summed E-state index contributed by atoms with van der Waals surface area (Å²) in [5, 5.41) is 3.41. The molecule has 1 N–H and O–H groups in total. The van der Waals surface area contributed by atoms with Crippen LogP contribution in [-0.4, -0.2) is 24.2 Å². The molecular weight excluding hydrogens is 124 g/mol. The molecule has 0 radical (unpaired) electrons. The molecule has 1 unspecified atom stereocenters. The van der Waals surface area contributed by atoms with E-state index in [-0.39, 0.29) is 0 Å². The maximum absolute atomic E-state index is 3.76. The highest BCUT2D eigenvalue weighted by Gasteiger charge is 2.22. The Kier molecular flexibility index (Phi) is 2.33. The van der Waals surface area contributed by atoms with Gasteiger partial charge in [0.1, 0.15) is 0 Å². The summed E-state index contributed by atoms with van der Waals surface area (Å²) in [4.78, 5) is 2.25. The highest BCUT2D eigenvalue weighted by Crippen LogP contribution is 2.11. The molecule has 1 aliphatic heterocycles. The van der Waals surface area contributed by atoms with Crippen LogP contribution in [0.5, 0.6) is 0 Å². The summed E-state index contributed by atoms with van der Waals surface area (Å²) in [6.07, 6.45) is 2.43. The molecule has 1 rings (SSSR count). The van der Waals surface area contributed by atoms with Gasteiger partial charge in [0.15, 0.2) is 0 Å². The first-order valence-corrected chi connectivity index (χ1v) is 3.87. The average Bonchev–Trinajstić information content (AvgIpc) is 2.33. The van der Waals surface area contributed by atoms with Crippen molar-refractivity contribution in [1.29, 1.82) is 0 Å². The van der Waals surface area contributed by atoms with Crippen LogP contribution in [0.4, 0.5) is 0 Å². The first kappa shape index (κ1) is 7.61. The minimum Gasteiger partial charge on any atom is -0.361 e. The Morgan fingerprint density at radius 3 is 2.80 bits per heavy atom. The van der Waals surface area contributed by atoms with Gasteiger partial charge in [-0.15, -0.1) is 0 Å². The molecule has 1 saturated heterocycles. The first-order valence-electron chi connectivity index (χ1n) is 3.87. The molecule has 0 aromatic heterocycles. The van der Waals surface area contributed by atoms with Gasteiger partial charge < -0.3 is 4.90 Å². The summed E-state index contributed by atoms with van der Waals surface area (Å²) in [6.45, 7) is 10.4. The predicted molar refractivity (Wildman–Crippen MR) is 43.5 cm³/mol. The molecule has 0 aromatic rings. The second-order valence-corrected chi connectivity index (χ2v) is 3.06. The largest absolute Gasteiger partial charge is 0.361 e. The van der Waals surface area contributed by atoms with Crippen LogP contribution in [-0.2, 0) is 0 Å². The number of rotatable bonds is 2. The Bertz CT molecular complexity index is 120. The second-order valence-electron chi connectivity index (χ2n) is 3.06. The van der Waals surface area contributed by atoms with E-state index in [1.165, 1.54) is 0 Å². The van der Waals surface area contributed by atoms with Gasteiger partial charge in [-0.05, 0) is 12.1 Å². The predicted octanol–water partition coefficient (Wildman–Crippen LogP) is 1.02. The van der Waals surface area contributed by atoms with Crippen LogP contribution in [0.2, 0.25) is 0 Å². The fourth-order valence-electron chi connectivity index (χ4n) is 1.42. The van der Waals surface area contributed by atoms with E-state index in [1.807, 2.05) is 6.20 Å². The van der Waals surface area contributed by atoms with E-state index >= 15 is 0 Å². The smallest absolute Gasteiger partial charge is 0.0814 e. The molecule has 2 nitrogen and oxygen atoms in total. The van der Waals surface area contributed by atoms with Gasteiger partial charge in [0.25, 0.3) is 0 Å². The van der Waals surface area contributed by atoms with E-state index < -0.39 is 0 Å². The lowest BCUT2D eigenvalue weighted by Crippen LogP contribution is -2.36. The van der Waals surface area contributed by atoms with Crippen molar-refractivity contribution in [2.45, 2.75) is 20.0 Å². The van der Waals surface area contributed by atoms with E-state index in [4.69, 9.17) is 0 Å². The summed E-state index contributed by atoms with van der Waals surface area (Å²) in [6, 6.07) is 0. The van der Waals surface area contributed by atoms with Crippen molar-refractivity contribution in [2.24, 2.45) is 5.92 Å². The third-order valence-electron chi connectivity index (χ3n) is 1.95. The molecule has 0 spiro atoms. The monoisotopic (exact) mass is 140 g/mol. The van der Waals surface area contributed by atoms with E-state index in [1.54, 1.807) is 0 Å². The maximum Gasteiger partial charge on any atom is 0.0814 e. The van der Waals surface area contributed by atoms with Crippen LogP contribution in [0, 0.1) is 5.92 Å². The van der Waals surface area contributed by atoms with Crippen molar-refractivity contribution in [3.8, 4) is 0 Å². The second kappa shape index (κ2) is 3.06. The van der Waals surface area contributed by atoms with Crippen molar-refractivity contribution in [2.75, 3.05) is 13.1 Å². The molecule has 0 amide bonds. The zero-order valence-electron chi connectivity index (χ0n) is 6.80. The Morgan fingerprint density at radius 2 is 2.40 bits per heavy atom. The number of nitrogens with one attached hydrogen (secondary N) is 1. The van der Waals surface area contributed by atoms with Crippen LogP contribution in [0.1, 0.15) is 13.8 Å².